The summed E-state index contributed by atoms with van der Waals surface area (Å²) in [4.78, 5) is 17.7. The summed E-state index contributed by atoms with van der Waals surface area (Å²) in [5.41, 5.74) is 3.02. The number of rotatable bonds is 7. The highest BCUT2D eigenvalue weighted by Gasteiger charge is 2.29. The Morgan fingerprint density at radius 1 is 1.02 bits per heavy atom. The van der Waals surface area contributed by atoms with Crippen LogP contribution in [0.5, 0.6) is 0 Å². The maximum Gasteiger partial charge on any atom is 0.407 e. The quantitative estimate of drug-likeness (QED) is 0.238. The molecule has 218 valence electrons. The van der Waals surface area contributed by atoms with Crippen molar-refractivity contribution in [2.45, 2.75) is 88.8 Å². The van der Waals surface area contributed by atoms with E-state index in [1.54, 1.807) is 12.3 Å². The number of hydrogen-bond donors (Lipinski definition) is 3. The van der Waals surface area contributed by atoms with Crippen LogP contribution in [0.4, 0.5) is 4.79 Å². The Balaban J connectivity index is 1.42. The number of carbonyl (C=O) groups excluding carboxylic acids is 1. The van der Waals surface area contributed by atoms with Crippen molar-refractivity contribution in [1.82, 2.24) is 30.4 Å². The molecule has 4 aromatic rings. The van der Waals surface area contributed by atoms with Gasteiger partial charge in [-0.15, -0.1) is 11.3 Å². The first kappa shape index (κ1) is 29.2. The molecule has 0 atom stereocenters. The molecule has 0 saturated heterocycles. The van der Waals surface area contributed by atoms with Crippen LogP contribution in [0.15, 0.2) is 47.5 Å². The van der Waals surface area contributed by atoms with Crippen LogP contribution in [0.1, 0.15) is 71.2 Å². The molecule has 2 aromatic carbocycles. The highest BCUT2D eigenvalue weighted by Crippen LogP contribution is 2.40. The number of carbonyl (C=O) groups is 1. The Morgan fingerprint density at radius 3 is 2.41 bits per heavy atom. The lowest BCUT2D eigenvalue weighted by Gasteiger charge is -2.28. The van der Waals surface area contributed by atoms with Crippen molar-refractivity contribution in [3.05, 3.63) is 47.6 Å². The van der Waals surface area contributed by atoms with Crippen molar-refractivity contribution < 1.29 is 17.9 Å². The van der Waals surface area contributed by atoms with Gasteiger partial charge in [-0.1, -0.05) is 18.2 Å². The second-order valence-corrected chi connectivity index (χ2v) is 14.5. The summed E-state index contributed by atoms with van der Waals surface area (Å²) in [7, 11) is -3.86. The number of alkyl carbamates (subject to hydrolysis) is 1. The molecule has 5 rings (SSSR count). The topological polar surface area (TPSA) is 139 Å². The molecule has 1 amide bonds. The smallest absolute Gasteiger partial charge is 0.407 e. The summed E-state index contributed by atoms with van der Waals surface area (Å²) < 4.78 is 35.4. The monoisotopic (exact) mass is 596 g/mol. The predicted octanol–water partition coefficient (Wildman–Crippen LogP) is 5.99. The number of benzene rings is 2. The molecule has 1 aliphatic carbocycles. The molecule has 12 heteroatoms. The Morgan fingerprint density at radius 2 is 1.71 bits per heavy atom. The molecule has 10 nitrogen and oxygen atoms in total. The number of nitrogens with one attached hydrogen (secondary N) is 3. The molecule has 3 N–H and O–H groups in total. The Labute approximate surface area is 244 Å². The van der Waals surface area contributed by atoms with E-state index in [4.69, 9.17) is 9.72 Å². The molecule has 1 saturated carbocycles. The van der Waals surface area contributed by atoms with Gasteiger partial charge < -0.3 is 10.1 Å². The average Bonchev–Trinajstić information content (AvgIpc) is 3.56. The van der Waals surface area contributed by atoms with Gasteiger partial charge in [0, 0.05) is 29.3 Å². The summed E-state index contributed by atoms with van der Waals surface area (Å²) in [5, 5.41) is 14.8. The maximum absolute atomic E-state index is 13.7. The number of ether oxygens (including phenoxy) is 1. The number of thiazole rings is 1. The van der Waals surface area contributed by atoms with E-state index in [-0.39, 0.29) is 29.1 Å². The molecule has 2 heterocycles. The summed E-state index contributed by atoms with van der Waals surface area (Å²) >= 11 is 1.53. The molecule has 0 bridgehead atoms. The number of sulfonamides is 1. The molecule has 2 aromatic heterocycles. The average molecular weight is 597 g/mol. The third-order valence-corrected chi connectivity index (χ3v) is 9.88. The van der Waals surface area contributed by atoms with Crippen molar-refractivity contribution in [2.24, 2.45) is 0 Å². The van der Waals surface area contributed by atoms with Crippen molar-refractivity contribution in [1.29, 1.82) is 0 Å². The van der Waals surface area contributed by atoms with Crippen molar-refractivity contribution in [3.8, 4) is 21.6 Å². The van der Waals surface area contributed by atoms with Crippen molar-refractivity contribution >= 4 is 38.5 Å². The molecular weight excluding hydrogens is 560 g/mol. The number of fused-ring (bicyclic) bond motifs is 1. The largest absolute Gasteiger partial charge is 0.447 e. The molecular formula is C29H36N6O4S2. The van der Waals surface area contributed by atoms with Gasteiger partial charge in [0.05, 0.1) is 20.9 Å². The first-order chi connectivity index (χ1) is 19.4. The van der Waals surface area contributed by atoms with E-state index in [0.717, 1.165) is 52.2 Å². The molecule has 0 aliphatic heterocycles. The van der Waals surface area contributed by atoms with Crippen LogP contribution >= 0.6 is 11.3 Å². The van der Waals surface area contributed by atoms with E-state index >= 15 is 0 Å². The van der Waals surface area contributed by atoms with Crippen LogP contribution in [0, 0.1) is 0 Å². The zero-order valence-electron chi connectivity index (χ0n) is 23.9. The van der Waals surface area contributed by atoms with Crippen molar-refractivity contribution in [2.75, 3.05) is 0 Å². The van der Waals surface area contributed by atoms with Crippen LogP contribution in [0.25, 0.3) is 32.6 Å². The normalized spacial score (nSPS) is 18.1. The number of amides is 1. The number of nitrogens with zero attached hydrogens (tertiary/aromatic N) is 3. The van der Waals surface area contributed by atoms with Gasteiger partial charge in [-0.2, -0.15) is 15.4 Å². The summed E-state index contributed by atoms with van der Waals surface area (Å²) in [6.07, 6.45) is 4.70. The van der Waals surface area contributed by atoms with Crippen LogP contribution in [-0.4, -0.2) is 52.6 Å². The third kappa shape index (κ3) is 6.94. The highest BCUT2D eigenvalue weighted by molar-refractivity contribution is 7.89. The first-order valence-corrected chi connectivity index (χ1v) is 16.1. The first-order valence-electron chi connectivity index (χ1n) is 13.8. The Hall–Kier alpha value is -3.35. The lowest BCUT2D eigenvalue weighted by atomic mass is 9.86. The fourth-order valence-electron chi connectivity index (χ4n) is 5.11. The SMILES string of the molecule is CC(C)OC(=O)NC1CCC(c2ncc(-c3ccc(-c4ccc5n[nH]nc5c4)cc3S(=O)(=O)NC(C)(C)C)s2)CC1. The molecule has 1 aliphatic rings. The molecule has 0 unspecified atom stereocenters. The van der Waals surface area contributed by atoms with Gasteiger partial charge in [0.25, 0.3) is 0 Å². The van der Waals surface area contributed by atoms with Crippen LogP contribution < -0.4 is 10.0 Å². The van der Waals surface area contributed by atoms with Gasteiger partial charge in [-0.25, -0.2) is 22.9 Å². The van der Waals surface area contributed by atoms with Crippen LogP contribution in [-0.2, 0) is 14.8 Å². The molecule has 41 heavy (non-hydrogen) atoms. The maximum atomic E-state index is 13.7. The molecule has 1 fully saturated rings. The minimum atomic E-state index is -3.86. The zero-order valence-corrected chi connectivity index (χ0v) is 25.5. The minimum Gasteiger partial charge on any atom is -0.447 e. The summed E-state index contributed by atoms with van der Waals surface area (Å²) in [6.45, 7) is 9.14. The predicted molar refractivity (Wildman–Crippen MR) is 160 cm³/mol. The second-order valence-electron chi connectivity index (χ2n) is 11.8. The number of aromatic amines is 1. The number of aromatic nitrogens is 4. The van der Waals surface area contributed by atoms with E-state index in [2.05, 4.69) is 25.4 Å². The third-order valence-electron chi connectivity index (χ3n) is 6.89. The van der Waals surface area contributed by atoms with Gasteiger partial charge in [0.1, 0.15) is 11.0 Å². The van der Waals surface area contributed by atoms with E-state index in [0.29, 0.717) is 11.1 Å². The summed E-state index contributed by atoms with van der Waals surface area (Å²) in [5.74, 6) is 0.258. The molecule has 0 spiro atoms. The number of H-pyrrole nitrogens is 1. The van der Waals surface area contributed by atoms with Crippen molar-refractivity contribution in [3.63, 3.8) is 0 Å². The second kappa shape index (κ2) is 11.5. The van der Waals surface area contributed by atoms with Gasteiger partial charge in [0.15, 0.2) is 0 Å². The van der Waals surface area contributed by atoms with Crippen LogP contribution in [0.3, 0.4) is 0 Å². The zero-order chi connectivity index (χ0) is 29.4. The van der Waals surface area contributed by atoms with E-state index in [9.17, 15) is 13.2 Å². The Bertz CT molecular complexity index is 1650. The van der Waals surface area contributed by atoms with E-state index in [1.807, 2.05) is 65.0 Å². The van der Waals surface area contributed by atoms with Crippen LogP contribution in [0.2, 0.25) is 0 Å². The number of hydrogen-bond acceptors (Lipinski definition) is 8. The van der Waals surface area contributed by atoms with Gasteiger partial charge in [-0.05, 0) is 89.6 Å². The van der Waals surface area contributed by atoms with E-state index < -0.39 is 15.6 Å². The van der Waals surface area contributed by atoms with Gasteiger partial charge in [-0.3, -0.25) is 0 Å². The summed E-state index contributed by atoms with van der Waals surface area (Å²) in [6, 6.07) is 11.2. The Kier molecular flexibility index (Phi) is 8.18. The standard InChI is InChI=1S/C29H36N6O4S2/c1-17(2)39-28(36)31-21-10-6-18(7-11-21)27-30-16-25(40-27)22-12-8-20(15-26(22)41(37,38)34-29(3,4)5)19-9-13-23-24(14-19)33-35-32-23/h8-9,12-18,21,34H,6-7,10-11H2,1-5H3,(H,31,36)(H,32,33,35). The highest BCUT2D eigenvalue weighted by atomic mass is 32.2. The van der Waals surface area contributed by atoms with Gasteiger partial charge >= 0.3 is 6.09 Å². The lowest BCUT2D eigenvalue weighted by molar-refractivity contribution is 0.109. The molecule has 0 radical (unpaired) electrons. The van der Waals surface area contributed by atoms with Gasteiger partial charge in [0.2, 0.25) is 10.0 Å². The minimum absolute atomic E-state index is 0.0844. The fraction of sp³-hybridized carbons (Fsp3) is 0.448. The fourth-order valence-corrected chi connectivity index (χ4v) is 7.96. The lowest BCUT2D eigenvalue weighted by Crippen LogP contribution is -2.40. The van der Waals surface area contributed by atoms with E-state index in [1.165, 1.54) is 11.3 Å².